The molecule has 3 fully saturated rings. The summed E-state index contributed by atoms with van der Waals surface area (Å²) in [6.07, 6.45) is 3.15. The Labute approximate surface area is 159 Å². The van der Waals surface area contributed by atoms with Crippen LogP contribution in [0.15, 0.2) is 30.5 Å². The van der Waals surface area contributed by atoms with E-state index in [-0.39, 0.29) is 35.9 Å². The van der Waals surface area contributed by atoms with Crippen molar-refractivity contribution in [3.63, 3.8) is 0 Å². The van der Waals surface area contributed by atoms with Gasteiger partial charge in [-0.25, -0.2) is 4.90 Å². The van der Waals surface area contributed by atoms with E-state index < -0.39 is 0 Å². The molecule has 3 aliphatic heterocycles. The number of rotatable bonds is 3. The average Bonchev–Trinajstić information content (AvgIpc) is 3.36. The number of hydrogen-bond donors (Lipinski definition) is 0. The maximum Gasteiger partial charge on any atom is 0.241 e. The van der Waals surface area contributed by atoms with Gasteiger partial charge >= 0.3 is 0 Å². The molecule has 1 aromatic heterocycles. The Hall–Kier alpha value is -1.89. The minimum atomic E-state index is -0.357. The molecule has 8 heteroatoms. The van der Waals surface area contributed by atoms with E-state index in [1.165, 1.54) is 4.90 Å². The van der Waals surface area contributed by atoms with Gasteiger partial charge in [-0.05, 0) is 25.0 Å². The summed E-state index contributed by atoms with van der Waals surface area (Å²) in [4.78, 5) is 26.8. The van der Waals surface area contributed by atoms with Crippen LogP contribution in [0.4, 0.5) is 5.82 Å². The van der Waals surface area contributed by atoms with E-state index >= 15 is 0 Å². The summed E-state index contributed by atoms with van der Waals surface area (Å²) >= 11 is 12.4. The number of aromatic nitrogens is 2. The Morgan fingerprint density at radius 3 is 2.27 bits per heavy atom. The Kier molecular flexibility index (Phi) is 3.64. The fraction of sp³-hybridized carbons (Fsp3) is 0.389. The summed E-state index contributed by atoms with van der Waals surface area (Å²) in [6.45, 7) is 0.357. The lowest BCUT2D eigenvalue weighted by atomic mass is 9.81. The molecule has 2 aromatic rings. The van der Waals surface area contributed by atoms with Gasteiger partial charge in [0, 0.05) is 27.9 Å². The lowest BCUT2D eigenvalue weighted by Gasteiger charge is -2.15. The number of halogens is 2. The molecule has 6 nitrogen and oxygen atoms in total. The van der Waals surface area contributed by atoms with Crippen molar-refractivity contribution in [3.05, 3.63) is 46.1 Å². The third-order valence-electron chi connectivity index (χ3n) is 5.52. The molecule has 2 bridgehead atoms. The third-order valence-corrected chi connectivity index (χ3v) is 6.23. The Morgan fingerprint density at radius 2 is 1.65 bits per heavy atom. The molecule has 134 valence electrons. The van der Waals surface area contributed by atoms with E-state index in [0.29, 0.717) is 22.4 Å². The number of carbonyl (C=O) groups excluding carboxylic acids is 2. The molecule has 4 heterocycles. The molecule has 4 atom stereocenters. The first-order valence-electron chi connectivity index (χ1n) is 8.54. The van der Waals surface area contributed by atoms with Gasteiger partial charge in [0.15, 0.2) is 5.82 Å². The van der Waals surface area contributed by atoms with Gasteiger partial charge in [0.05, 0.1) is 30.6 Å². The van der Waals surface area contributed by atoms with Gasteiger partial charge in [-0.1, -0.05) is 29.3 Å². The molecule has 0 unspecified atom stereocenters. The highest BCUT2D eigenvalue weighted by Crippen LogP contribution is 2.49. The summed E-state index contributed by atoms with van der Waals surface area (Å²) in [6, 6.07) is 6.97. The minimum Gasteiger partial charge on any atom is -0.373 e. The number of ether oxygens (including phenoxy) is 1. The maximum atomic E-state index is 12.8. The van der Waals surface area contributed by atoms with E-state index in [4.69, 9.17) is 27.9 Å². The van der Waals surface area contributed by atoms with Crippen molar-refractivity contribution in [1.29, 1.82) is 0 Å². The molecule has 1 aromatic carbocycles. The smallest absolute Gasteiger partial charge is 0.241 e. The van der Waals surface area contributed by atoms with Crippen LogP contribution in [0.25, 0.3) is 0 Å². The summed E-state index contributed by atoms with van der Waals surface area (Å²) < 4.78 is 7.38. The van der Waals surface area contributed by atoms with Gasteiger partial charge in [0.1, 0.15) is 0 Å². The number of amides is 2. The first-order valence-corrected chi connectivity index (χ1v) is 9.30. The number of hydrogen-bond acceptors (Lipinski definition) is 4. The van der Waals surface area contributed by atoms with E-state index in [1.54, 1.807) is 35.1 Å². The van der Waals surface area contributed by atoms with E-state index in [0.717, 1.165) is 18.4 Å². The molecule has 0 radical (unpaired) electrons. The first kappa shape index (κ1) is 16.3. The molecule has 3 saturated heterocycles. The van der Waals surface area contributed by atoms with Gasteiger partial charge in [0.25, 0.3) is 0 Å². The van der Waals surface area contributed by atoms with Crippen LogP contribution in [0.3, 0.4) is 0 Å². The summed E-state index contributed by atoms with van der Waals surface area (Å²) in [5.41, 5.74) is 0.743. The fourth-order valence-corrected chi connectivity index (χ4v) is 4.86. The largest absolute Gasteiger partial charge is 0.373 e. The molecule has 0 spiro atoms. The molecule has 26 heavy (non-hydrogen) atoms. The number of anilines is 1. The minimum absolute atomic E-state index is 0.129. The van der Waals surface area contributed by atoms with Gasteiger partial charge < -0.3 is 4.74 Å². The van der Waals surface area contributed by atoms with Crippen LogP contribution in [0.1, 0.15) is 18.4 Å². The lowest BCUT2D eigenvalue weighted by molar-refractivity contribution is -0.124. The number of nitrogens with zero attached hydrogens (tertiary/aromatic N) is 3. The zero-order valence-corrected chi connectivity index (χ0v) is 15.2. The highest BCUT2D eigenvalue weighted by Gasteiger charge is 2.63. The number of fused-ring (bicyclic) bond motifs is 5. The molecular weight excluding hydrogens is 377 g/mol. The summed E-state index contributed by atoms with van der Waals surface area (Å²) in [7, 11) is 0. The second kappa shape index (κ2) is 5.81. The fourth-order valence-electron chi connectivity index (χ4n) is 4.34. The van der Waals surface area contributed by atoms with Crippen molar-refractivity contribution >= 4 is 40.8 Å². The van der Waals surface area contributed by atoms with Crippen molar-refractivity contribution in [1.82, 2.24) is 9.78 Å². The van der Waals surface area contributed by atoms with E-state index in [9.17, 15) is 9.59 Å². The summed E-state index contributed by atoms with van der Waals surface area (Å²) in [5.74, 6) is -0.771. The predicted octanol–water partition coefficient (Wildman–Crippen LogP) is 2.91. The molecule has 0 aliphatic carbocycles. The quantitative estimate of drug-likeness (QED) is 0.754. The maximum absolute atomic E-state index is 12.8. The van der Waals surface area contributed by atoms with Gasteiger partial charge in [-0.2, -0.15) is 5.10 Å². The molecule has 0 N–H and O–H groups in total. The Bertz CT molecular complexity index is 880. The van der Waals surface area contributed by atoms with Crippen LogP contribution >= 0.6 is 23.2 Å². The zero-order chi connectivity index (χ0) is 18.0. The topological polar surface area (TPSA) is 64.4 Å². The van der Waals surface area contributed by atoms with Crippen LogP contribution < -0.4 is 4.90 Å². The van der Waals surface area contributed by atoms with E-state index in [1.807, 2.05) is 0 Å². The van der Waals surface area contributed by atoms with Crippen LogP contribution in [-0.4, -0.2) is 33.8 Å². The average molecular weight is 392 g/mol. The van der Waals surface area contributed by atoms with E-state index in [2.05, 4.69) is 5.10 Å². The van der Waals surface area contributed by atoms with Gasteiger partial charge in [0.2, 0.25) is 11.8 Å². The van der Waals surface area contributed by atoms with Crippen LogP contribution in [0.2, 0.25) is 10.0 Å². The molecular formula is C18H15Cl2N3O3. The number of imide groups is 1. The van der Waals surface area contributed by atoms with Crippen LogP contribution in [-0.2, 0) is 20.9 Å². The molecule has 2 amide bonds. The first-order chi connectivity index (χ1) is 12.5. The van der Waals surface area contributed by atoms with Crippen molar-refractivity contribution < 1.29 is 14.3 Å². The lowest BCUT2D eigenvalue weighted by Crippen LogP contribution is -2.34. The SMILES string of the molecule is O=C1[C@@H]2[C@@H](C(=O)N1c1ccn(Cc3c(Cl)cccc3Cl)n1)[C@H]1CC[C@H]2O1. The second-order valence-electron chi connectivity index (χ2n) is 6.93. The van der Waals surface area contributed by atoms with Crippen molar-refractivity contribution in [2.45, 2.75) is 31.6 Å². The Balaban J connectivity index is 1.42. The summed E-state index contributed by atoms with van der Waals surface area (Å²) in [5, 5.41) is 5.51. The van der Waals surface area contributed by atoms with Crippen molar-refractivity contribution in [3.8, 4) is 0 Å². The second-order valence-corrected chi connectivity index (χ2v) is 7.74. The van der Waals surface area contributed by atoms with Crippen molar-refractivity contribution in [2.24, 2.45) is 11.8 Å². The molecule has 5 rings (SSSR count). The molecule has 3 aliphatic rings. The normalized spacial score (nSPS) is 29.7. The number of benzene rings is 1. The van der Waals surface area contributed by atoms with Crippen LogP contribution in [0, 0.1) is 11.8 Å². The number of carbonyl (C=O) groups is 2. The van der Waals surface area contributed by atoms with Gasteiger partial charge in [-0.3, -0.25) is 14.3 Å². The monoisotopic (exact) mass is 391 g/mol. The third kappa shape index (κ3) is 2.25. The van der Waals surface area contributed by atoms with Crippen molar-refractivity contribution in [2.75, 3.05) is 4.90 Å². The predicted molar refractivity (Wildman–Crippen MR) is 95.2 cm³/mol. The molecule has 0 saturated carbocycles. The highest BCUT2D eigenvalue weighted by molar-refractivity contribution is 6.36. The highest BCUT2D eigenvalue weighted by atomic mass is 35.5. The van der Waals surface area contributed by atoms with Crippen LogP contribution in [0.5, 0.6) is 0 Å². The standard InChI is InChI=1S/C18H15Cl2N3O3/c19-10-2-1-3-11(20)9(10)8-22-7-6-14(21-22)23-17(24)15-12-4-5-13(26-12)16(15)18(23)25/h1-3,6-7,12-13,15-16H,4-5,8H2/t12-,13-,15+,16+/m1/s1. The van der Waals surface area contributed by atoms with Gasteiger partial charge in [-0.15, -0.1) is 0 Å². The Morgan fingerprint density at radius 1 is 1.04 bits per heavy atom. The zero-order valence-electron chi connectivity index (χ0n) is 13.6.